The molecule has 0 aliphatic heterocycles. The number of hydrogen-bond donors (Lipinski definition) is 2. The minimum Gasteiger partial charge on any atom is -0.484 e. The molecular formula is C25H27ClF3N5O3S. The molecule has 2 aromatic carbocycles. The lowest BCUT2D eigenvalue weighted by atomic mass is 10.0. The van der Waals surface area contributed by atoms with Gasteiger partial charge < -0.3 is 19.9 Å². The molecule has 3 aromatic rings. The molecule has 0 spiro atoms. The summed E-state index contributed by atoms with van der Waals surface area (Å²) in [5, 5.41) is 13.7. The number of anilines is 1. The summed E-state index contributed by atoms with van der Waals surface area (Å²) in [4.78, 5) is 24.6. The van der Waals surface area contributed by atoms with Gasteiger partial charge >= 0.3 is 6.18 Å². The van der Waals surface area contributed by atoms with Crippen LogP contribution in [0.2, 0.25) is 5.02 Å². The third-order valence-electron chi connectivity index (χ3n) is 5.37. The third-order valence-corrected chi connectivity index (χ3v) is 6.67. The highest BCUT2D eigenvalue weighted by molar-refractivity contribution is 7.99. The average Bonchev–Trinajstić information content (AvgIpc) is 3.27. The fourth-order valence-electron chi connectivity index (χ4n) is 3.31. The van der Waals surface area contributed by atoms with E-state index in [1.54, 1.807) is 4.57 Å². The number of benzene rings is 2. The fourth-order valence-corrected chi connectivity index (χ4v) is 4.30. The number of ether oxygens (including phenoxy) is 1. The molecule has 2 amide bonds. The predicted octanol–water partition coefficient (Wildman–Crippen LogP) is 5.52. The van der Waals surface area contributed by atoms with Crippen molar-refractivity contribution in [2.24, 2.45) is 0 Å². The number of carbonyl (C=O) groups excluding carboxylic acids is 2. The molecule has 0 aliphatic carbocycles. The summed E-state index contributed by atoms with van der Waals surface area (Å²) in [6.45, 7) is 6.44. The van der Waals surface area contributed by atoms with E-state index in [0.29, 0.717) is 29.2 Å². The molecule has 1 aromatic heterocycles. The van der Waals surface area contributed by atoms with Gasteiger partial charge in [-0.3, -0.25) is 9.59 Å². The van der Waals surface area contributed by atoms with Gasteiger partial charge in [0, 0.05) is 6.54 Å². The summed E-state index contributed by atoms with van der Waals surface area (Å²) in [7, 11) is 0. The number of aromatic nitrogens is 3. The van der Waals surface area contributed by atoms with Crippen LogP contribution in [0.1, 0.15) is 43.6 Å². The lowest BCUT2D eigenvalue weighted by Crippen LogP contribution is -2.29. The number of nitrogens with zero attached hydrogens (tertiary/aromatic N) is 3. The molecule has 0 bridgehead atoms. The van der Waals surface area contributed by atoms with Gasteiger partial charge in [-0.25, -0.2) is 0 Å². The van der Waals surface area contributed by atoms with Crippen molar-refractivity contribution >= 4 is 40.9 Å². The topological polar surface area (TPSA) is 98.1 Å². The number of amides is 2. The second-order valence-corrected chi connectivity index (χ2v) is 9.81. The van der Waals surface area contributed by atoms with E-state index in [0.717, 1.165) is 30.0 Å². The highest BCUT2D eigenvalue weighted by Gasteiger charge is 2.31. The van der Waals surface area contributed by atoms with Crippen LogP contribution in [0.5, 0.6) is 5.75 Å². The number of rotatable bonds is 11. The Labute approximate surface area is 227 Å². The monoisotopic (exact) mass is 569 g/mol. The Morgan fingerprint density at radius 1 is 1.11 bits per heavy atom. The first-order chi connectivity index (χ1) is 18.0. The molecule has 0 atom stereocenters. The van der Waals surface area contributed by atoms with E-state index >= 15 is 0 Å². The molecule has 3 rings (SSSR count). The van der Waals surface area contributed by atoms with Gasteiger partial charge in [0.1, 0.15) is 5.75 Å². The molecule has 0 fully saturated rings. The summed E-state index contributed by atoms with van der Waals surface area (Å²) in [5.74, 6) is 0.427. The van der Waals surface area contributed by atoms with Crippen LogP contribution in [-0.4, -0.2) is 38.9 Å². The van der Waals surface area contributed by atoms with Gasteiger partial charge in [-0.05, 0) is 48.7 Å². The maximum Gasteiger partial charge on any atom is 0.416 e. The van der Waals surface area contributed by atoms with Crippen molar-refractivity contribution in [3.63, 3.8) is 0 Å². The summed E-state index contributed by atoms with van der Waals surface area (Å²) in [6.07, 6.45) is -4.56. The van der Waals surface area contributed by atoms with Crippen molar-refractivity contribution in [3.8, 4) is 5.75 Å². The Kier molecular flexibility index (Phi) is 10.0. The van der Waals surface area contributed by atoms with Crippen molar-refractivity contribution in [1.29, 1.82) is 0 Å². The number of alkyl halides is 3. The minimum absolute atomic E-state index is 0.0114. The standard InChI is InChI=1S/C25H27ClF3N5O3S/c1-4-34-21(12-30-22(35)13-37-18-8-5-16(6-9-18)15(2)3)32-33-24(34)38-14-23(36)31-20-11-17(25(27,28)29)7-10-19(20)26/h5-11,15H,4,12-14H2,1-3H3,(H,30,35)(H,31,36). The van der Waals surface area contributed by atoms with Crippen LogP contribution in [0.15, 0.2) is 47.6 Å². The van der Waals surface area contributed by atoms with Gasteiger partial charge in [0.15, 0.2) is 17.6 Å². The summed E-state index contributed by atoms with van der Waals surface area (Å²) in [6, 6.07) is 10.2. The van der Waals surface area contributed by atoms with Crippen LogP contribution in [0.25, 0.3) is 0 Å². The minimum atomic E-state index is -4.56. The van der Waals surface area contributed by atoms with Gasteiger partial charge in [-0.2, -0.15) is 13.2 Å². The van der Waals surface area contributed by atoms with Crippen molar-refractivity contribution in [3.05, 3.63) is 64.4 Å². The second kappa shape index (κ2) is 13.0. The Morgan fingerprint density at radius 2 is 1.82 bits per heavy atom. The number of nitrogens with one attached hydrogen (secondary N) is 2. The molecule has 8 nitrogen and oxygen atoms in total. The van der Waals surface area contributed by atoms with E-state index in [1.807, 2.05) is 31.2 Å². The zero-order chi connectivity index (χ0) is 27.9. The zero-order valence-electron chi connectivity index (χ0n) is 20.9. The third kappa shape index (κ3) is 8.12. The van der Waals surface area contributed by atoms with Crippen LogP contribution in [0.4, 0.5) is 18.9 Å². The molecule has 2 N–H and O–H groups in total. The SMILES string of the molecule is CCn1c(CNC(=O)COc2ccc(C(C)C)cc2)nnc1SCC(=O)Nc1cc(C(F)(F)F)ccc1Cl. The van der Waals surface area contributed by atoms with E-state index in [9.17, 15) is 22.8 Å². The van der Waals surface area contributed by atoms with E-state index in [-0.39, 0.29) is 35.5 Å². The first-order valence-electron chi connectivity index (χ1n) is 11.7. The number of thioether (sulfide) groups is 1. The second-order valence-electron chi connectivity index (χ2n) is 8.46. The maximum atomic E-state index is 13.0. The molecule has 0 radical (unpaired) electrons. The zero-order valence-corrected chi connectivity index (χ0v) is 22.5. The van der Waals surface area contributed by atoms with Gasteiger partial charge in [0.2, 0.25) is 5.91 Å². The van der Waals surface area contributed by atoms with E-state index in [4.69, 9.17) is 16.3 Å². The number of halogens is 4. The van der Waals surface area contributed by atoms with Crippen molar-refractivity contribution in [2.75, 3.05) is 17.7 Å². The highest BCUT2D eigenvalue weighted by atomic mass is 35.5. The fraction of sp³-hybridized carbons (Fsp3) is 0.360. The van der Waals surface area contributed by atoms with Gasteiger partial charge in [-0.15, -0.1) is 10.2 Å². The van der Waals surface area contributed by atoms with Crippen molar-refractivity contribution < 1.29 is 27.5 Å². The summed E-state index contributed by atoms with van der Waals surface area (Å²) in [5.41, 5.74) is 0.119. The molecule has 0 saturated heterocycles. The molecule has 13 heteroatoms. The smallest absolute Gasteiger partial charge is 0.416 e. The van der Waals surface area contributed by atoms with E-state index in [1.165, 1.54) is 5.56 Å². The first-order valence-corrected chi connectivity index (χ1v) is 13.0. The van der Waals surface area contributed by atoms with Gasteiger partial charge in [-0.1, -0.05) is 49.3 Å². The normalized spacial score (nSPS) is 11.5. The summed E-state index contributed by atoms with van der Waals surface area (Å²) >= 11 is 6.99. The lowest BCUT2D eigenvalue weighted by Gasteiger charge is -2.12. The molecule has 38 heavy (non-hydrogen) atoms. The molecule has 1 heterocycles. The Morgan fingerprint density at radius 3 is 2.45 bits per heavy atom. The van der Waals surface area contributed by atoms with Gasteiger partial charge in [0.25, 0.3) is 5.91 Å². The van der Waals surface area contributed by atoms with Crippen LogP contribution in [0, 0.1) is 0 Å². The maximum absolute atomic E-state index is 13.0. The molecular weight excluding hydrogens is 543 g/mol. The van der Waals surface area contributed by atoms with E-state index < -0.39 is 17.6 Å². The van der Waals surface area contributed by atoms with Crippen LogP contribution < -0.4 is 15.4 Å². The van der Waals surface area contributed by atoms with Crippen LogP contribution >= 0.6 is 23.4 Å². The molecule has 0 unspecified atom stereocenters. The largest absolute Gasteiger partial charge is 0.484 e. The molecule has 204 valence electrons. The number of carbonyl (C=O) groups is 2. The molecule has 0 aliphatic rings. The Balaban J connectivity index is 1.51. The number of hydrogen-bond acceptors (Lipinski definition) is 6. The Bertz CT molecular complexity index is 1270. The highest BCUT2D eigenvalue weighted by Crippen LogP contribution is 2.34. The van der Waals surface area contributed by atoms with Crippen LogP contribution in [-0.2, 0) is 28.9 Å². The van der Waals surface area contributed by atoms with Crippen LogP contribution in [0.3, 0.4) is 0 Å². The predicted molar refractivity (Wildman–Crippen MR) is 139 cm³/mol. The Hall–Kier alpha value is -3.25. The average molecular weight is 570 g/mol. The van der Waals surface area contributed by atoms with Crippen molar-refractivity contribution in [2.45, 2.75) is 51.1 Å². The van der Waals surface area contributed by atoms with Gasteiger partial charge in [0.05, 0.1) is 28.6 Å². The lowest BCUT2D eigenvalue weighted by molar-refractivity contribution is -0.137. The van der Waals surface area contributed by atoms with E-state index in [2.05, 4.69) is 34.7 Å². The summed E-state index contributed by atoms with van der Waals surface area (Å²) < 4.78 is 46.1. The van der Waals surface area contributed by atoms with Crippen molar-refractivity contribution in [1.82, 2.24) is 20.1 Å². The first kappa shape index (κ1) is 29.3. The quantitative estimate of drug-likeness (QED) is 0.295. The molecule has 0 saturated carbocycles.